The lowest BCUT2D eigenvalue weighted by Crippen LogP contribution is -2.31. The lowest BCUT2D eigenvalue weighted by Gasteiger charge is -2.19. The van der Waals surface area contributed by atoms with Gasteiger partial charge in [0.25, 0.3) is 5.91 Å². The van der Waals surface area contributed by atoms with Crippen LogP contribution in [-0.2, 0) is 0 Å². The molecular formula is C33H41Cl2N5O2. The zero-order valence-corrected chi connectivity index (χ0v) is 26.3. The minimum Gasteiger partial charge on any atom is -0.494 e. The van der Waals surface area contributed by atoms with Gasteiger partial charge in [0, 0.05) is 54.4 Å². The van der Waals surface area contributed by atoms with E-state index in [1.807, 2.05) is 80.5 Å². The summed E-state index contributed by atoms with van der Waals surface area (Å²) in [6.07, 6.45) is 1.99. The fourth-order valence-corrected chi connectivity index (χ4v) is 5.40. The second kappa shape index (κ2) is 15.9. The summed E-state index contributed by atoms with van der Waals surface area (Å²) in [5.41, 5.74) is 5.02. The molecule has 1 aromatic heterocycles. The van der Waals surface area contributed by atoms with E-state index < -0.39 is 0 Å². The van der Waals surface area contributed by atoms with Crippen LogP contribution in [-0.4, -0.2) is 85.9 Å². The number of benzene rings is 3. The maximum absolute atomic E-state index is 13.2. The maximum Gasteiger partial charge on any atom is 0.253 e. The van der Waals surface area contributed by atoms with E-state index >= 15 is 0 Å². The van der Waals surface area contributed by atoms with Crippen LogP contribution in [0.4, 0.5) is 11.4 Å². The van der Waals surface area contributed by atoms with Crippen LogP contribution in [0.5, 0.6) is 5.75 Å². The standard InChI is InChI=1S/C33H41Cl2N5O2/c1-24-8-6-9-27-30(24)38-32-28(10-7-11-29(32)33(41)36-18-22-39(2)3)31(27)37-25-12-14-26(15-13-25)42-23-5-4-19-40(20-16-34)21-17-35/h6-15H,4-5,16-23H2,1-3H3,(H,36,41)(H,37,38). The van der Waals surface area contributed by atoms with Gasteiger partial charge in [-0.2, -0.15) is 0 Å². The summed E-state index contributed by atoms with van der Waals surface area (Å²) in [6, 6.07) is 19.9. The Bertz CT molecular complexity index is 1460. The highest BCUT2D eigenvalue weighted by Crippen LogP contribution is 2.36. The van der Waals surface area contributed by atoms with Gasteiger partial charge in [0.05, 0.1) is 28.9 Å². The molecule has 4 aromatic rings. The molecule has 9 heteroatoms. The molecule has 0 fully saturated rings. The fourth-order valence-electron chi connectivity index (χ4n) is 4.92. The molecule has 0 aliphatic heterocycles. The Balaban J connectivity index is 1.50. The molecular weight excluding hydrogens is 569 g/mol. The molecule has 1 amide bonds. The number of ether oxygens (including phenoxy) is 1. The predicted octanol–water partition coefficient (Wildman–Crippen LogP) is 6.67. The molecule has 0 aliphatic carbocycles. The molecule has 0 saturated heterocycles. The smallest absolute Gasteiger partial charge is 0.253 e. The Labute approximate surface area is 259 Å². The molecule has 0 saturated carbocycles. The zero-order chi connectivity index (χ0) is 29.9. The Morgan fingerprint density at radius 1 is 0.857 bits per heavy atom. The van der Waals surface area contributed by atoms with Crippen molar-refractivity contribution < 1.29 is 9.53 Å². The molecule has 0 spiro atoms. The lowest BCUT2D eigenvalue weighted by molar-refractivity contribution is 0.0952. The van der Waals surface area contributed by atoms with Crippen LogP contribution >= 0.6 is 23.2 Å². The Hall–Kier alpha value is -3.10. The van der Waals surface area contributed by atoms with Crippen molar-refractivity contribution in [3.8, 4) is 5.75 Å². The second-order valence-electron chi connectivity index (χ2n) is 10.6. The van der Waals surface area contributed by atoms with Crippen LogP contribution in [0.2, 0.25) is 0 Å². The van der Waals surface area contributed by atoms with Gasteiger partial charge >= 0.3 is 0 Å². The third-order valence-corrected chi connectivity index (χ3v) is 7.53. The van der Waals surface area contributed by atoms with E-state index in [1.54, 1.807) is 0 Å². The summed E-state index contributed by atoms with van der Waals surface area (Å²) in [5.74, 6) is 1.94. The number of anilines is 2. The number of para-hydroxylation sites is 2. The van der Waals surface area contributed by atoms with Gasteiger partial charge in [-0.15, -0.1) is 23.2 Å². The first-order valence-electron chi connectivity index (χ1n) is 14.5. The lowest BCUT2D eigenvalue weighted by atomic mass is 10.0. The largest absolute Gasteiger partial charge is 0.494 e. The summed E-state index contributed by atoms with van der Waals surface area (Å²) in [5, 5.41) is 8.55. The number of fused-ring (bicyclic) bond motifs is 2. The summed E-state index contributed by atoms with van der Waals surface area (Å²) < 4.78 is 6.00. The number of nitrogens with one attached hydrogen (secondary N) is 2. The van der Waals surface area contributed by atoms with Gasteiger partial charge in [0.1, 0.15) is 5.75 Å². The molecule has 1 heterocycles. The van der Waals surface area contributed by atoms with Crippen LogP contribution in [0.3, 0.4) is 0 Å². The number of hydrogen-bond donors (Lipinski definition) is 2. The Morgan fingerprint density at radius 2 is 1.55 bits per heavy atom. The van der Waals surface area contributed by atoms with E-state index in [9.17, 15) is 4.79 Å². The number of carbonyl (C=O) groups is 1. The van der Waals surface area contributed by atoms with Crippen LogP contribution in [0.25, 0.3) is 21.8 Å². The number of nitrogens with zero attached hydrogens (tertiary/aromatic N) is 3. The molecule has 4 rings (SSSR count). The third-order valence-electron chi connectivity index (χ3n) is 7.19. The van der Waals surface area contributed by atoms with Crippen molar-refractivity contribution in [1.29, 1.82) is 0 Å². The molecule has 224 valence electrons. The van der Waals surface area contributed by atoms with E-state index in [2.05, 4.69) is 21.6 Å². The SMILES string of the molecule is Cc1cccc2c(Nc3ccc(OCCCCN(CCCl)CCCl)cc3)c3cccc(C(=O)NCCN(C)C)c3nc12. The number of aromatic nitrogens is 1. The minimum atomic E-state index is -0.124. The van der Waals surface area contributed by atoms with E-state index in [1.165, 1.54) is 0 Å². The second-order valence-corrected chi connectivity index (χ2v) is 11.4. The fraction of sp³-hybridized carbons (Fsp3) is 0.394. The van der Waals surface area contributed by atoms with E-state index in [4.69, 9.17) is 32.9 Å². The summed E-state index contributed by atoms with van der Waals surface area (Å²) in [4.78, 5) is 22.5. The normalized spacial score (nSPS) is 11.5. The molecule has 0 bridgehead atoms. The minimum absolute atomic E-state index is 0.124. The number of pyridine rings is 1. The predicted molar refractivity (Wildman–Crippen MR) is 177 cm³/mol. The number of rotatable bonds is 16. The van der Waals surface area contributed by atoms with Crippen molar-refractivity contribution in [2.75, 3.05) is 70.5 Å². The maximum atomic E-state index is 13.2. The number of halogens is 2. The van der Waals surface area contributed by atoms with Gasteiger partial charge in [0.15, 0.2) is 0 Å². The Kier molecular flexibility index (Phi) is 12.1. The van der Waals surface area contributed by atoms with Crippen molar-refractivity contribution in [3.05, 3.63) is 71.8 Å². The van der Waals surface area contributed by atoms with E-state index in [-0.39, 0.29) is 5.91 Å². The number of likely N-dealkylation sites (N-methyl/N-ethyl adjacent to an activating group) is 1. The van der Waals surface area contributed by atoms with E-state index in [0.29, 0.717) is 36.0 Å². The Morgan fingerprint density at radius 3 is 2.24 bits per heavy atom. The van der Waals surface area contributed by atoms with Crippen molar-refractivity contribution in [1.82, 2.24) is 20.1 Å². The van der Waals surface area contributed by atoms with Crippen molar-refractivity contribution >= 4 is 62.3 Å². The van der Waals surface area contributed by atoms with Gasteiger partial charge in [-0.1, -0.05) is 30.3 Å². The summed E-state index contributed by atoms with van der Waals surface area (Å²) in [7, 11) is 3.97. The first-order chi connectivity index (χ1) is 20.4. The zero-order valence-electron chi connectivity index (χ0n) is 24.8. The van der Waals surface area contributed by atoms with Gasteiger partial charge in [-0.05, 0) is 76.3 Å². The van der Waals surface area contributed by atoms with Gasteiger partial charge in [-0.25, -0.2) is 4.98 Å². The van der Waals surface area contributed by atoms with Gasteiger partial charge in [0.2, 0.25) is 0 Å². The number of unbranched alkanes of at least 4 members (excludes halogenated alkanes) is 1. The monoisotopic (exact) mass is 609 g/mol. The van der Waals surface area contributed by atoms with Crippen LogP contribution < -0.4 is 15.4 Å². The highest BCUT2D eigenvalue weighted by molar-refractivity contribution is 6.18. The average Bonchev–Trinajstić information content (AvgIpc) is 2.98. The molecule has 3 aromatic carbocycles. The first-order valence-corrected chi connectivity index (χ1v) is 15.6. The van der Waals surface area contributed by atoms with Crippen LogP contribution in [0.1, 0.15) is 28.8 Å². The van der Waals surface area contributed by atoms with Crippen LogP contribution in [0, 0.1) is 6.92 Å². The van der Waals surface area contributed by atoms with Gasteiger partial charge in [-0.3, -0.25) is 4.79 Å². The summed E-state index contributed by atoms with van der Waals surface area (Å²) in [6.45, 7) is 6.71. The molecule has 7 nitrogen and oxygen atoms in total. The highest BCUT2D eigenvalue weighted by atomic mass is 35.5. The van der Waals surface area contributed by atoms with Crippen LogP contribution in [0.15, 0.2) is 60.7 Å². The van der Waals surface area contributed by atoms with Crippen molar-refractivity contribution in [3.63, 3.8) is 0 Å². The van der Waals surface area contributed by atoms with Crippen molar-refractivity contribution in [2.24, 2.45) is 0 Å². The number of carbonyl (C=O) groups excluding carboxylic acids is 1. The van der Waals surface area contributed by atoms with E-state index in [0.717, 1.165) is 78.0 Å². The topological polar surface area (TPSA) is 69.7 Å². The molecule has 0 radical (unpaired) electrons. The average molecular weight is 611 g/mol. The van der Waals surface area contributed by atoms with Crippen molar-refractivity contribution in [2.45, 2.75) is 19.8 Å². The molecule has 2 N–H and O–H groups in total. The molecule has 0 aliphatic rings. The first kappa shape index (κ1) is 31.8. The third kappa shape index (κ3) is 8.48. The highest BCUT2D eigenvalue weighted by Gasteiger charge is 2.17. The number of aryl methyl sites for hydroxylation is 1. The number of amides is 1. The number of hydrogen-bond acceptors (Lipinski definition) is 6. The summed E-state index contributed by atoms with van der Waals surface area (Å²) >= 11 is 11.8. The van der Waals surface area contributed by atoms with Gasteiger partial charge < -0.3 is 25.2 Å². The number of alkyl halides is 2. The molecule has 0 atom stereocenters. The molecule has 42 heavy (non-hydrogen) atoms. The quantitative estimate of drug-likeness (QED) is 0.0840. The molecule has 0 unspecified atom stereocenters.